The number of aryl methyl sites for hydroxylation is 2. The lowest BCUT2D eigenvalue weighted by molar-refractivity contribution is -0.133. The minimum atomic E-state index is 0. The topological polar surface area (TPSA) is 41.6 Å². The Morgan fingerprint density at radius 3 is 2.62 bits per heavy atom. The van der Waals surface area contributed by atoms with Crippen molar-refractivity contribution in [3.63, 3.8) is 0 Å². The third-order valence-corrected chi connectivity index (χ3v) is 4.06. The molecule has 1 saturated heterocycles. The van der Waals surface area contributed by atoms with Crippen LogP contribution in [0.3, 0.4) is 0 Å². The van der Waals surface area contributed by atoms with Crippen molar-refractivity contribution < 1.29 is 9.53 Å². The monoisotopic (exact) mass is 332 g/mol. The van der Waals surface area contributed by atoms with Crippen LogP contribution in [0.5, 0.6) is 5.75 Å². The molecule has 1 heterocycles. The van der Waals surface area contributed by atoms with Gasteiger partial charge in [-0.2, -0.15) is 0 Å². The van der Waals surface area contributed by atoms with E-state index in [1.165, 1.54) is 0 Å². The molecule has 2 rings (SSSR count). The van der Waals surface area contributed by atoms with Crippen molar-refractivity contribution >= 4 is 29.9 Å². The molecule has 0 aromatic heterocycles. The summed E-state index contributed by atoms with van der Waals surface area (Å²) >= 11 is 6.11. The Morgan fingerprint density at radius 1 is 1.29 bits per heavy atom. The fourth-order valence-electron chi connectivity index (χ4n) is 2.32. The van der Waals surface area contributed by atoms with Gasteiger partial charge in [0, 0.05) is 24.7 Å². The summed E-state index contributed by atoms with van der Waals surface area (Å²) in [5.41, 5.74) is 1.93. The number of hydrogen-bond donors (Lipinski definition) is 1. The normalized spacial score (nSPS) is 15.1. The molecule has 0 saturated carbocycles. The molecule has 0 aliphatic carbocycles. The first-order valence-electron chi connectivity index (χ1n) is 6.96. The van der Waals surface area contributed by atoms with Gasteiger partial charge in [-0.15, -0.1) is 12.4 Å². The maximum Gasteiger partial charge on any atom is 0.260 e. The highest BCUT2D eigenvalue weighted by Gasteiger charge is 2.16. The Labute approximate surface area is 137 Å². The minimum absolute atomic E-state index is 0. The molecule has 21 heavy (non-hydrogen) atoms. The number of carbonyl (C=O) groups excluding carboxylic acids is 1. The second kappa shape index (κ2) is 8.47. The van der Waals surface area contributed by atoms with E-state index in [0.29, 0.717) is 5.75 Å². The number of benzene rings is 1. The SMILES string of the molecule is Cc1cc(OCC(=O)N2CCCNCC2)cc(C)c1Cl.Cl. The summed E-state index contributed by atoms with van der Waals surface area (Å²) < 4.78 is 5.61. The van der Waals surface area contributed by atoms with Crippen LogP contribution >= 0.6 is 24.0 Å². The van der Waals surface area contributed by atoms with Gasteiger partial charge >= 0.3 is 0 Å². The molecule has 0 unspecified atom stereocenters. The van der Waals surface area contributed by atoms with Crippen LogP contribution in [0.2, 0.25) is 5.02 Å². The van der Waals surface area contributed by atoms with Gasteiger partial charge in [0.25, 0.3) is 5.91 Å². The van der Waals surface area contributed by atoms with E-state index in [-0.39, 0.29) is 24.9 Å². The van der Waals surface area contributed by atoms with Crippen molar-refractivity contribution in [2.75, 3.05) is 32.8 Å². The molecule has 0 radical (unpaired) electrons. The van der Waals surface area contributed by atoms with Crippen molar-refractivity contribution in [2.24, 2.45) is 0 Å². The molecule has 4 nitrogen and oxygen atoms in total. The van der Waals surface area contributed by atoms with Crippen LogP contribution in [0.15, 0.2) is 12.1 Å². The average molecular weight is 333 g/mol. The predicted octanol–water partition coefficient (Wildman–Crippen LogP) is 2.58. The highest BCUT2D eigenvalue weighted by atomic mass is 35.5. The molecule has 0 spiro atoms. The highest BCUT2D eigenvalue weighted by molar-refractivity contribution is 6.32. The van der Waals surface area contributed by atoms with E-state index < -0.39 is 0 Å². The van der Waals surface area contributed by atoms with Gasteiger partial charge in [-0.3, -0.25) is 4.79 Å². The largest absolute Gasteiger partial charge is 0.484 e. The zero-order chi connectivity index (χ0) is 14.5. The van der Waals surface area contributed by atoms with Crippen molar-refractivity contribution in [3.8, 4) is 5.75 Å². The first-order valence-corrected chi connectivity index (χ1v) is 7.34. The third kappa shape index (κ3) is 5.06. The van der Waals surface area contributed by atoms with E-state index in [2.05, 4.69) is 5.32 Å². The summed E-state index contributed by atoms with van der Waals surface area (Å²) in [6.45, 7) is 7.33. The van der Waals surface area contributed by atoms with Gasteiger partial charge in [0.05, 0.1) is 0 Å². The molecular weight excluding hydrogens is 311 g/mol. The Bertz CT molecular complexity index is 464. The summed E-state index contributed by atoms with van der Waals surface area (Å²) in [6, 6.07) is 3.74. The number of amides is 1. The average Bonchev–Trinajstić information content (AvgIpc) is 2.71. The quantitative estimate of drug-likeness (QED) is 0.924. The Hall–Kier alpha value is -0.970. The Morgan fingerprint density at radius 2 is 1.95 bits per heavy atom. The summed E-state index contributed by atoms with van der Waals surface area (Å²) in [4.78, 5) is 14.0. The number of nitrogens with zero attached hydrogens (tertiary/aromatic N) is 1. The Balaban J connectivity index is 0.00000220. The molecule has 6 heteroatoms. The second-order valence-corrected chi connectivity index (χ2v) is 5.52. The van der Waals surface area contributed by atoms with Crippen molar-refractivity contribution in [1.82, 2.24) is 10.2 Å². The Kier molecular flexibility index (Phi) is 7.29. The zero-order valence-electron chi connectivity index (χ0n) is 12.4. The van der Waals surface area contributed by atoms with Gasteiger partial charge < -0.3 is 15.0 Å². The van der Waals surface area contributed by atoms with Gasteiger partial charge in [-0.25, -0.2) is 0 Å². The zero-order valence-corrected chi connectivity index (χ0v) is 14.0. The van der Waals surface area contributed by atoms with Gasteiger partial charge in [0.1, 0.15) is 5.75 Å². The molecule has 1 amide bonds. The molecule has 1 fully saturated rings. The molecule has 1 aliphatic heterocycles. The summed E-state index contributed by atoms with van der Waals surface area (Å²) in [7, 11) is 0. The maximum atomic E-state index is 12.1. The van der Waals surface area contributed by atoms with Crippen LogP contribution in [0.25, 0.3) is 0 Å². The lowest BCUT2D eigenvalue weighted by Crippen LogP contribution is -2.37. The first-order chi connectivity index (χ1) is 9.58. The number of hydrogen-bond acceptors (Lipinski definition) is 3. The number of rotatable bonds is 3. The van der Waals surface area contributed by atoms with E-state index in [0.717, 1.165) is 48.7 Å². The molecule has 118 valence electrons. The maximum absolute atomic E-state index is 12.1. The number of nitrogens with one attached hydrogen (secondary N) is 1. The lowest BCUT2D eigenvalue weighted by atomic mass is 10.1. The standard InChI is InChI=1S/C15H21ClN2O2.ClH/c1-11-8-13(9-12(2)15(11)16)20-10-14(19)18-6-3-4-17-5-7-18;/h8-9,17H,3-7,10H2,1-2H3;1H. The number of carbonyl (C=O) groups is 1. The van der Waals surface area contributed by atoms with Crippen LogP contribution in [0, 0.1) is 13.8 Å². The van der Waals surface area contributed by atoms with E-state index in [4.69, 9.17) is 16.3 Å². The van der Waals surface area contributed by atoms with Crippen molar-refractivity contribution in [1.29, 1.82) is 0 Å². The molecule has 0 bridgehead atoms. The van der Waals surface area contributed by atoms with Crippen molar-refractivity contribution in [3.05, 3.63) is 28.3 Å². The highest BCUT2D eigenvalue weighted by Crippen LogP contribution is 2.25. The van der Waals surface area contributed by atoms with Crippen LogP contribution in [-0.2, 0) is 4.79 Å². The molecule has 1 aromatic carbocycles. The van der Waals surface area contributed by atoms with Crippen LogP contribution in [-0.4, -0.2) is 43.6 Å². The van der Waals surface area contributed by atoms with Gasteiger partial charge in [0.15, 0.2) is 6.61 Å². The first kappa shape index (κ1) is 18.1. The van der Waals surface area contributed by atoms with Crippen LogP contribution < -0.4 is 10.1 Å². The van der Waals surface area contributed by atoms with E-state index >= 15 is 0 Å². The molecule has 1 N–H and O–H groups in total. The fraction of sp³-hybridized carbons (Fsp3) is 0.533. The van der Waals surface area contributed by atoms with Gasteiger partial charge in [0.2, 0.25) is 0 Å². The lowest BCUT2D eigenvalue weighted by Gasteiger charge is -2.20. The molecule has 1 aliphatic rings. The van der Waals surface area contributed by atoms with E-state index in [9.17, 15) is 4.79 Å². The molecule has 1 aromatic rings. The summed E-state index contributed by atoms with van der Waals surface area (Å²) in [5, 5.41) is 4.03. The summed E-state index contributed by atoms with van der Waals surface area (Å²) in [6.07, 6.45) is 0.991. The van der Waals surface area contributed by atoms with Crippen molar-refractivity contribution in [2.45, 2.75) is 20.3 Å². The van der Waals surface area contributed by atoms with Crippen LogP contribution in [0.4, 0.5) is 0 Å². The summed E-state index contributed by atoms with van der Waals surface area (Å²) in [5.74, 6) is 0.740. The second-order valence-electron chi connectivity index (χ2n) is 5.14. The van der Waals surface area contributed by atoms with E-state index in [1.807, 2.05) is 30.9 Å². The molecular formula is C15H22Cl2N2O2. The predicted molar refractivity (Wildman–Crippen MR) is 87.7 cm³/mol. The van der Waals surface area contributed by atoms with Gasteiger partial charge in [-0.05, 0) is 50.1 Å². The smallest absolute Gasteiger partial charge is 0.260 e. The minimum Gasteiger partial charge on any atom is -0.484 e. The van der Waals surface area contributed by atoms with E-state index in [1.54, 1.807) is 0 Å². The number of ether oxygens (including phenoxy) is 1. The van der Waals surface area contributed by atoms with Gasteiger partial charge in [-0.1, -0.05) is 11.6 Å². The third-order valence-electron chi connectivity index (χ3n) is 3.47. The van der Waals surface area contributed by atoms with Crippen LogP contribution in [0.1, 0.15) is 17.5 Å². The fourth-order valence-corrected chi connectivity index (χ4v) is 2.43. The number of halogens is 2. The molecule has 0 atom stereocenters.